The molecule has 0 amide bonds. The van der Waals surface area contributed by atoms with Crippen LogP contribution in [0.2, 0.25) is 0 Å². The van der Waals surface area contributed by atoms with E-state index in [2.05, 4.69) is 118 Å². The molecule has 73 heavy (non-hydrogen) atoms. The number of carbonyl (C=O) groups is 2. The van der Waals surface area contributed by atoms with E-state index in [0.717, 1.165) is 45.4 Å². The number of aliphatic carboxylic acids is 1. The van der Waals surface area contributed by atoms with E-state index in [1.165, 1.54) is 44.9 Å². The van der Waals surface area contributed by atoms with Gasteiger partial charge in [-0.2, -0.15) is 0 Å². The van der Waals surface area contributed by atoms with E-state index in [1.54, 1.807) is 21.3 Å². The van der Waals surface area contributed by atoms with E-state index in [-0.39, 0.29) is 49.9 Å². The van der Waals surface area contributed by atoms with Crippen molar-refractivity contribution in [3.63, 3.8) is 0 Å². The minimum absolute atomic E-state index is 0. The Kier molecular flexibility index (Phi) is 66.2. The number of esters is 1. The van der Waals surface area contributed by atoms with Crippen LogP contribution in [0.5, 0.6) is 0 Å². The first-order chi connectivity index (χ1) is 31.5. The average molecular weight is 1060 g/mol. The van der Waals surface area contributed by atoms with E-state index in [4.69, 9.17) is 28.8 Å². The van der Waals surface area contributed by atoms with Crippen molar-refractivity contribution in [2.24, 2.45) is 49.2 Å². The third kappa shape index (κ3) is 141. The first-order valence-electron chi connectivity index (χ1n) is 27.2. The Morgan fingerprint density at radius 1 is 0.438 bits per heavy atom. The van der Waals surface area contributed by atoms with Gasteiger partial charge in [0.2, 0.25) is 6.43 Å². The van der Waals surface area contributed by atoms with Crippen LogP contribution in [-0.2, 0) is 33.3 Å². The quantitative estimate of drug-likeness (QED) is 0.107. The third-order valence-electron chi connectivity index (χ3n) is 9.78. The summed E-state index contributed by atoms with van der Waals surface area (Å²) < 4.78 is 47.9. The SMILES string of the molecule is C.C.CC(C)(C)CC(=O)O.CC(C)(C)CCC(F)F.CC(C)C(C)(C)C.CCOC(=O)CC(C)(C)C.CCOCCCC(C)(C)C.COCCC(C)(C)C.COCCCC(C)(C)C.COCCCCC(C)(C)C. The van der Waals surface area contributed by atoms with E-state index in [1.807, 2.05) is 76.2 Å². The molecule has 1 N–H and O–H groups in total. The zero-order valence-electron chi connectivity index (χ0n) is 53.9. The van der Waals surface area contributed by atoms with Crippen molar-refractivity contribution >= 4 is 11.9 Å². The highest BCUT2D eigenvalue weighted by atomic mass is 19.3. The Hall–Kier alpha value is -1.36. The summed E-state index contributed by atoms with van der Waals surface area (Å²) in [4.78, 5) is 20.9. The molecule has 0 spiro atoms. The molecule has 0 aromatic rings. The monoisotopic (exact) mass is 1060 g/mol. The fourth-order valence-corrected chi connectivity index (χ4v) is 4.55. The van der Waals surface area contributed by atoms with Crippen molar-refractivity contribution in [3.8, 4) is 0 Å². The summed E-state index contributed by atoms with van der Waals surface area (Å²) in [6, 6.07) is 0. The molecule has 0 heterocycles. The van der Waals surface area contributed by atoms with Crippen molar-refractivity contribution in [3.05, 3.63) is 0 Å². The second-order valence-corrected chi connectivity index (χ2v) is 28.5. The van der Waals surface area contributed by atoms with Gasteiger partial charge in [-0.3, -0.25) is 9.59 Å². The van der Waals surface area contributed by atoms with E-state index in [0.29, 0.717) is 46.5 Å². The van der Waals surface area contributed by atoms with Crippen LogP contribution in [0, 0.1) is 49.2 Å². The van der Waals surface area contributed by atoms with Crippen molar-refractivity contribution in [2.75, 3.05) is 61.0 Å². The molecule has 0 saturated carbocycles. The molecule has 0 aliphatic carbocycles. The highest BCUT2D eigenvalue weighted by Crippen LogP contribution is 2.25. The molecule has 454 valence electrons. The standard InChI is InChI=1S/2C9H20O.C8H16O2.C8H18O.C7H14F2.C7H16O.C7H16.C6H12O2.2CH4/c1-9(2,3)7-5-6-8-10-4;1-5-10-8-6-7-9(2,3)4;1-5-10-7(9)6-8(2,3)4;1-8(2,3)6-5-7-9-4;1-7(2,3)5-4-6(8)9;1-7(2,3)5-6-8-4;1-6(2)7(3,4)5;1-6(2,3)4-5(7)8;;/h2*5-8H2,1-4H3;5-6H2,1-4H3;5-7H2,1-4H3;6H,4-5H2,1-3H3;5-6H2,1-4H3;6H,1-5H3;4H2,1-3H3,(H,7,8);2*1H4. The van der Waals surface area contributed by atoms with Crippen LogP contribution in [-0.4, -0.2) is 84.4 Å². The Balaban J connectivity index is -0.0000000776. The number of methoxy groups -OCH3 is 3. The molecular formula is C63H140F2O8. The predicted octanol–water partition coefficient (Wildman–Crippen LogP) is 20.8. The Morgan fingerprint density at radius 3 is 0.959 bits per heavy atom. The molecule has 0 fully saturated rings. The van der Waals surface area contributed by atoms with Crippen LogP contribution < -0.4 is 0 Å². The summed E-state index contributed by atoms with van der Waals surface area (Å²) in [5.74, 6) is -0.0278. The lowest BCUT2D eigenvalue weighted by atomic mass is 9.84. The van der Waals surface area contributed by atoms with Gasteiger partial charge < -0.3 is 28.8 Å². The molecule has 0 saturated heterocycles. The van der Waals surface area contributed by atoms with Gasteiger partial charge in [0, 0.05) is 60.8 Å². The maximum absolute atomic E-state index is 11.6. The number of unbranched alkanes of at least 4 members (excludes halogenated alkanes) is 1. The number of carbonyl (C=O) groups excluding carboxylic acids is 1. The predicted molar refractivity (Wildman–Crippen MR) is 322 cm³/mol. The number of halogens is 2. The van der Waals surface area contributed by atoms with Gasteiger partial charge >= 0.3 is 11.9 Å². The molecule has 0 aliphatic rings. The van der Waals surface area contributed by atoms with Crippen LogP contribution in [0.4, 0.5) is 8.78 Å². The summed E-state index contributed by atoms with van der Waals surface area (Å²) in [7, 11) is 5.26. The summed E-state index contributed by atoms with van der Waals surface area (Å²) in [6.07, 6.45) is 9.06. The van der Waals surface area contributed by atoms with Crippen molar-refractivity contribution < 1.29 is 47.2 Å². The molecule has 0 bridgehead atoms. The molecule has 0 unspecified atom stereocenters. The molecule has 0 aromatic carbocycles. The molecular weight excluding hydrogens is 923 g/mol. The minimum atomic E-state index is -2.13. The van der Waals surface area contributed by atoms with Gasteiger partial charge in [0.1, 0.15) is 0 Å². The van der Waals surface area contributed by atoms with Gasteiger partial charge in [-0.15, -0.1) is 0 Å². The van der Waals surface area contributed by atoms with Crippen molar-refractivity contribution in [1.82, 2.24) is 0 Å². The van der Waals surface area contributed by atoms with Crippen LogP contribution in [0.3, 0.4) is 0 Å². The van der Waals surface area contributed by atoms with E-state index < -0.39 is 12.4 Å². The number of carboxylic acids is 1. The van der Waals surface area contributed by atoms with Gasteiger partial charge in [-0.25, -0.2) is 8.78 Å². The second kappa shape index (κ2) is 51.4. The maximum Gasteiger partial charge on any atom is 0.306 e. The first kappa shape index (κ1) is 94.1. The Morgan fingerprint density at radius 2 is 0.753 bits per heavy atom. The maximum atomic E-state index is 11.6. The van der Waals surface area contributed by atoms with E-state index >= 15 is 0 Å². The first-order valence-corrected chi connectivity index (χ1v) is 27.2. The third-order valence-corrected chi connectivity index (χ3v) is 9.78. The number of ether oxygens (including phenoxy) is 5. The Labute approximate surface area is 459 Å². The highest BCUT2D eigenvalue weighted by molar-refractivity contribution is 5.70. The summed E-state index contributed by atoms with van der Waals surface area (Å²) >= 11 is 0. The highest BCUT2D eigenvalue weighted by Gasteiger charge is 2.17. The molecule has 8 nitrogen and oxygen atoms in total. The fourth-order valence-electron chi connectivity index (χ4n) is 4.55. The number of hydrogen-bond donors (Lipinski definition) is 1. The van der Waals surface area contributed by atoms with Crippen LogP contribution in [0.15, 0.2) is 0 Å². The number of rotatable bonds is 18. The van der Waals surface area contributed by atoms with Crippen LogP contribution in [0.25, 0.3) is 0 Å². The minimum Gasteiger partial charge on any atom is -0.481 e. The van der Waals surface area contributed by atoms with Crippen molar-refractivity contribution in [2.45, 2.75) is 292 Å². The largest absolute Gasteiger partial charge is 0.481 e. The number of carboxylic acid groups (broad SMARTS) is 1. The van der Waals surface area contributed by atoms with Gasteiger partial charge in [0.25, 0.3) is 0 Å². The smallest absolute Gasteiger partial charge is 0.306 e. The molecule has 0 atom stereocenters. The van der Waals surface area contributed by atoms with Gasteiger partial charge in [-0.05, 0) is 114 Å². The van der Waals surface area contributed by atoms with Crippen LogP contribution >= 0.6 is 0 Å². The van der Waals surface area contributed by atoms with Crippen LogP contribution in [0.1, 0.15) is 286 Å². The molecule has 10 heteroatoms. The number of alkyl halides is 2. The lowest BCUT2D eigenvalue weighted by Gasteiger charge is -2.22. The zero-order chi connectivity index (χ0) is 58.6. The van der Waals surface area contributed by atoms with E-state index in [9.17, 15) is 18.4 Å². The van der Waals surface area contributed by atoms with Crippen molar-refractivity contribution in [1.29, 1.82) is 0 Å². The fraction of sp³-hybridized carbons (Fsp3) is 0.968. The zero-order valence-corrected chi connectivity index (χ0v) is 53.9. The molecule has 0 aliphatic heterocycles. The normalized spacial score (nSPS) is 11.7. The Bertz CT molecular complexity index is 1090. The second-order valence-electron chi connectivity index (χ2n) is 28.5. The summed E-state index contributed by atoms with van der Waals surface area (Å²) in [5.41, 5.74) is 2.38. The van der Waals surface area contributed by atoms with Gasteiger partial charge in [0.05, 0.1) is 19.4 Å². The van der Waals surface area contributed by atoms with Gasteiger partial charge in [-0.1, -0.05) is 201 Å². The molecule has 0 aromatic heterocycles. The number of hydrogen-bond acceptors (Lipinski definition) is 7. The topological polar surface area (TPSA) is 101 Å². The van der Waals surface area contributed by atoms with Gasteiger partial charge in [0.15, 0.2) is 0 Å². The average Bonchev–Trinajstić information content (AvgIpc) is 3.12. The molecule has 0 rings (SSSR count). The summed E-state index contributed by atoms with van der Waals surface area (Å²) in [5, 5.41) is 8.25. The molecule has 0 radical (unpaired) electrons. The lowest BCUT2D eigenvalue weighted by Crippen LogP contribution is -2.15. The summed E-state index contributed by atoms with van der Waals surface area (Å²) in [6.45, 7) is 64.8. The lowest BCUT2D eigenvalue weighted by molar-refractivity contribution is -0.145.